The van der Waals surface area contributed by atoms with Crippen LogP contribution in [-0.2, 0) is 4.79 Å². The standard InChI is InChI=1S/C16H15BrClN3O2/c1-10-4-2-3-5-14(10)19-9-15(22)21-20-8-11-6-12(17)7-13(18)16(11)23/h2-8,19,23H,9H2,1H3,(H,21,22). The second kappa shape index (κ2) is 7.99. The summed E-state index contributed by atoms with van der Waals surface area (Å²) in [5.41, 5.74) is 4.73. The minimum Gasteiger partial charge on any atom is -0.506 e. The first-order chi connectivity index (χ1) is 11.0. The van der Waals surface area contributed by atoms with Crippen LogP contribution >= 0.6 is 27.5 Å². The van der Waals surface area contributed by atoms with Crippen LogP contribution in [0.5, 0.6) is 5.75 Å². The van der Waals surface area contributed by atoms with Crippen LogP contribution in [0.2, 0.25) is 5.02 Å². The zero-order chi connectivity index (χ0) is 16.8. The Kier molecular flexibility index (Phi) is 6.01. The van der Waals surface area contributed by atoms with Crippen molar-refractivity contribution in [2.45, 2.75) is 6.92 Å². The van der Waals surface area contributed by atoms with Gasteiger partial charge in [-0.2, -0.15) is 5.10 Å². The number of aryl methyl sites for hydroxylation is 1. The molecule has 0 bridgehead atoms. The molecule has 5 nitrogen and oxygen atoms in total. The molecule has 0 aliphatic carbocycles. The summed E-state index contributed by atoms with van der Waals surface area (Å²) in [6.45, 7) is 2.05. The van der Waals surface area contributed by atoms with E-state index in [0.29, 0.717) is 10.0 Å². The molecule has 1 amide bonds. The summed E-state index contributed by atoms with van der Waals surface area (Å²) in [6.07, 6.45) is 1.33. The number of aromatic hydroxyl groups is 1. The number of anilines is 1. The van der Waals surface area contributed by atoms with Gasteiger partial charge in [-0.3, -0.25) is 4.79 Å². The number of nitrogens with zero attached hydrogens (tertiary/aromatic N) is 1. The van der Waals surface area contributed by atoms with E-state index in [4.69, 9.17) is 11.6 Å². The lowest BCUT2D eigenvalue weighted by Crippen LogP contribution is -2.26. The Balaban J connectivity index is 1.91. The van der Waals surface area contributed by atoms with Crippen molar-refractivity contribution in [3.63, 3.8) is 0 Å². The number of carbonyl (C=O) groups is 1. The van der Waals surface area contributed by atoms with Gasteiger partial charge < -0.3 is 10.4 Å². The van der Waals surface area contributed by atoms with Crippen molar-refractivity contribution in [1.82, 2.24) is 5.43 Å². The number of carbonyl (C=O) groups excluding carboxylic acids is 1. The third kappa shape index (κ3) is 4.97. The number of nitrogens with one attached hydrogen (secondary N) is 2. The van der Waals surface area contributed by atoms with Gasteiger partial charge in [0.1, 0.15) is 5.75 Å². The van der Waals surface area contributed by atoms with Crippen LogP contribution in [-0.4, -0.2) is 23.8 Å². The lowest BCUT2D eigenvalue weighted by molar-refractivity contribution is -0.119. The molecule has 0 heterocycles. The molecular weight excluding hydrogens is 382 g/mol. The van der Waals surface area contributed by atoms with E-state index in [1.807, 2.05) is 31.2 Å². The van der Waals surface area contributed by atoms with Crippen LogP contribution in [0.15, 0.2) is 46.0 Å². The van der Waals surface area contributed by atoms with Gasteiger partial charge in [-0.05, 0) is 30.7 Å². The van der Waals surface area contributed by atoms with Crippen molar-refractivity contribution < 1.29 is 9.90 Å². The first-order valence-electron chi connectivity index (χ1n) is 6.77. The maximum absolute atomic E-state index is 11.8. The number of phenols is 1. The van der Waals surface area contributed by atoms with Gasteiger partial charge in [-0.1, -0.05) is 45.7 Å². The van der Waals surface area contributed by atoms with Crippen molar-refractivity contribution in [3.05, 3.63) is 57.0 Å². The molecule has 120 valence electrons. The molecule has 3 N–H and O–H groups in total. The fourth-order valence-electron chi connectivity index (χ4n) is 1.84. The zero-order valence-electron chi connectivity index (χ0n) is 12.3. The summed E-state index contributed by atoms with van der Waals surface area (Å²) in [5, 5.41) is 16.8. The summed E-state index contributed by atoms with van der Waals surface area (Å²) < 4.78 is 0.703. The SMILES string of the molecule is Cc1ccccc1NCC(=O)NN=Cc1cc(Br)cc(Cl)c1O. The summed E-state index contributed by atoms with van der Waals surface area (Å²) in [6, 6.07) is 10.9. The van der Waals surface area contributed by atoms with E-state index in [0.717, 1.165) is 11.3 Å². The molecule has 2 aromatic rings. The molecule has 2 rings (SSSR count). The normalized spacial score (nSPS) is 10.7. The van der Waals surface area contributed by atoms with E-state index in [1.54, 1.807) is 12.1 Å². The van der Waals surface area contributed by atoms with E-state index >= 15 is 0 Å². The second-order valence-electron chi connectivity index (χ2n) is 4.79. The van der Waals surface area contributed by atoms with Crippen LogP contribution in [0.4, 0.5) is 5.69 Å². The number of hydrogen-bond donors (Lipinski definition) is 3. The maximum atomic E-state index is 11.8. The topological polar surface area (TPSA) is 73.7 Å². The summed E-state index contributed by atoms with van der Waals surface area (Å²) >= 11 is 9.12. The molecule has 0 radical (unpaired) electrons. The molecule has 0 aromatic heterocycles. The Hall–Kier alpha value is -2.05. The van der Waals surface area contributed by atoms with E-state index in [1.165, 1.54) is 6.21 Å². The minimum absolute atomic E-state index is 0.0907. The molecule has 0 aliphatic heterocycles. The highest BCUT2D eigenvalue weighted by atomic mass is 79.9. The van der Waals surface area contributed by atoms with Gasteiger partial charge in [-0.25, -0.2) is 5.43 Å². The Labute approximate surface area is 147 Å². The van der Waals surface area contributed by atoms with Crippen LogP contribution in [0.3, 0.4) is 0 Å². The van der Waals surface area contributed by atoms with E-state index in [-0.39, 0.29) is 23.2 Å². The molecule has 7 heteroatoms. The van der Waals surface area contributed by atoms with Gasteiger partial charge >= 0.3 is 0 Å². The van der Waals surface area contributed by atoms with Crippen LogP contribution < -0.4 is 10.7 Å². The predicted molar refractivity (Wildman–Crippen MR) is 96.2 cm³/mol. The first kappa shape index (κ1) is 17.3. The van der Waals surface area contributed by atoms with Crippen molar-refractivity contribution in [1.29, 1.82) is 0 Å². The molecule has 23 heavy (non-hydrogen) atoms. The minimum atomic E-state index is -0.301. The number of benzene rings is 2. The molecule has 0 unspecified atom stereocenters. The quantitative estimate of drug-likeness (QED) is 0.533. The van der Waals surface area contributed by atoms with E-state index < -0.39 is 0 Å². The number of phenolic OH excluding ortho intramolecular Hbond substituents is 1. The highest BCUT2D eigenvalue weighted by Crippen LogP contribution is 2.30. The molecular formula is C16H15BrClN3O2. The number of hydrazone groups is 1. The third-order valence-corrected chi connectivity index (χ3v) is 3.78. The Morgan fingerprint density at radius 2 is 2.13 bits per heavy atom. The Morgan fingerprint density at radius 1 is 1.39 bits per heavy atom. The second-order valence-corrected chi connectivity index (χ2v) is 6.11. The van der Waals surface area contributed by atoms with Gasteiger partial charge in [0.2, 0.25) is 0 Å². The highest BCUT2D eigenvalue weighted by Gasteiger charge is 2.06. The summed E-state index contributed by atoms with van der Waals surface area (Å²) in [4.78, 5) is 11.8. The van der Waals surface area contributed by atoms with Crippen molar-refractivity contribution in [2.24, 2.45) is 5.10 Å². The van der Waals surface area contributed by atoms with Gasteiger partial charge in [0.05, 0.1) is 17.8 Å². The predicted octanol–water partition coefficient (Wildman–Crippen LogP) is 3.68. The van der Waals surface area contributed by atoms with Crippen molar-refractivity contribution >= 4 is 45.3 Å². The van der Waals surface area contributed by atoms with Crippen LogP contribution in [0.1, 0.15) is 11.1 Å². The fourth-order valence-corrected chi connectivity index (χ4v) is 2.68. The first-order valence-corrected chi connectivity index (χ1v) is 7.94. The number of halogens is 2. The average Bonchev–Trinajstić information content (AvgIpc) is 2.51. The zero-order valence-corrected chi connectivity index (χ0v) is 14.6. The average molecular weight is 397 g/mol. The number of amides is 1. The molecule has 0 saturated heterocycles. The van der Waals surface area contributed by atoms with Gasteiger partial charge in [0.25, 0.3) is 5.91 Å². The molecule has 0 saturated carbocycles. The number of hydrogen-bond acceptors (Lipinski definition) is 4. The highest BCUT2D eigenvalue weighted by molar-refractivity contribution is 9.10. The largest absolute Gasteiger partial charge is 0.506 e. The van der Waals surface area contributed by atoms with Crippen molar-refractivity contribution in [2.75, 3.05) is 11.9 Å². The fraction of sp³-hybridized carbons (Fsp3) is 0.125. The Morgan fingerprint density at radius 3 is 2.87 bits per heavy atom. The van der Waals surface area contributed by atoms with E-state index in [2.05, 4.69) is 31.8 Å². The number of rotatable bonds is 5. The maximum Gasteiger partial charge on any atom is 0.259 e. The third-order valence-electron chi connectivity index (χ3n) is 3.04. The summed E-state index contributed by atoms with van der Waals surface area (Å²) in [5.74, 6) is -0.393. The molecule has 2 aromatic carbocycles. The number of para-hydroxylation sites is 1. The van der Waals surface area contributed by atoms with Crippen LogP contribution in [0.25, 0.3) is 0 Å². The monoisotopic (exact) mass is 395 g/mol. The van der Waals surface area contributed by atoms with E-state index in [9.17, 15) is 9.90 Å². The lowest BCUT2D eigenvalue weighted by atomic mass is 10.2. The summed E-state index contributed by atoms with van der Waals surface area (Å²) in [7, 11) is 0. The van der Waals surface area contributed by atoms with Gasteiger partial charge in [0.15, 0.2) is 0 Å². The molecule has 0 fully saturated rings. The Bertz CT molecular complexity index is 750. The van der Waals surface area contributed by atoms with Crippen LogP contribution in [0, 0.1) is 6.92 Å². The van der Waals surface area contributed by atoms with Gasteiger partial charge in [-0.15, -0.1) is 0 Å². The molecule has 0 atom stereocenters. The molecule has 0 aliphatic rings. The lowest BCUT2D eigenvalue weighted by Gasteiger charge is -2.08. The molecule has 0 spiro atoms. The van der Waals surface area contributed by atoms with Gasteiger partial charge in [0, 0.05) is 15.7 Å². The van der Waals surface area contributed by atoms with Crippen molar-refractivity contribution in [3.8, 4) is 5.75 Å². The smallest absolute Gasteiger partial charge is 0.259 e.